The summed E-state index contributed by atoms with van der Waals surface area (Å²) in [5.41, 5.74) is 0. The lowest BCUT2D eigenvalue weighted by atomic mass is 9.84. The van der Waals surface area contributed by atoms with E-state index in [4.69, 9.17) is 4.74 Å². The molecule has 1 nitrogen and oxygen atoms in total. The first-order valence-electron chi connectivity index (χ1n) is 5.32. The molecule has 0 aliphatic carbocycles. The lowest BCUT2D eigenvalue weighted by molar-refractivity contribution is 0.0929. The third-order valence-corrected chi connectivity index (χ3v) is 3.06. The molecule has 0 saturated carbocycles. The van der Waals surface area contributed by atoms with E-state index >= 15 is 0 Å². The van der Waals surface area contributed by atoms with Gasteiger partial charge in [0.05, 0.1) is 6.61 Å². The fourth-order valence-electron chi connectivity index (χ4n) is 1.42. The summed E-state index contributed by atoms with van der Waals surface area (Å²) < 4.78 is 5.44. The van der Waals surface area contributed by atoms with Gasteiger partial charge in [0.1, 0.15) is 0 Å². The molecule has 0 saturated heterocycles. The number of hydrogen-bond acceptors (Lipinski definition) is 1. The highest BCUT2D eigenvalue weighted by Gasteiger charge is 2.17. The third kappa shape index (κ3) is 5.09. The summed E-state index contributed by atoms with van der Waals surface area (Å²) in [6, 6.07) is 0. The molecule has 0 aromatic carbocycles. The van der Waals surface area contributed by atoms with Gasteiger partial charge in [0, 0.05) is 6.61 Å². The maximum Gasteiger partial charge on any atom is 0.0644 e. The van der Waals surface area contributed by atoms with Crippen LogP contribution in [0.2, 0.25) is 0 Å². The van der Waals surface area contributed by atoms with Gasteiger partial charge in [0.2, 0.25) is 0 Å². The molecule has 0 bridgehead atoms. The highest BCUT2D eigenvalue weighted by atomic mass is 16.5. The fraction of sp³-hybridized carbons (Fsp3) is 0.833. The van der Waals surface area contributed by atoms with Gasteiger partial charge in [-0.3, -0.25) is 0 Å². The van der Waals surface area contributed by atoms with Crippen LogP contribution in [0.15, 0.2) is 12.7 Å². The average molecular weight is 184 g/mol. The molecule has 3 unspecified atom stereocenters. The second-order valence-corrected chi connectivity index (χ2v) is 4.05. The highest BCUT2D eigenvalue weighted by molar-refractivity contribution is 4.68. The SMILES string of the molecule is C=CCOCC(C)C(C)C(C)CC. The van der Waals surface area contributed by atoms with Crippen LogP contribution >= 0.6 is 0 Å². The van der Waals surface area contributed by atoms with Crippen molar-refractivity contribution < 1.29 is 4.74 Å². The van der Waals surface area contributed by atoms with Gasteiger partial charge in [-0.1, -0.05) is 40.2 Å². The molecule has 0 amide bonds. The van der Waals surface area contributed by atoms with Crippen molar-refractivity contribution in [2.24, 2.45) is 17.8 Å². The van der Waals surface area contributed by atoms with Crippen molar-refractivity contribution in [3.63, 3.8) is 0 Å². The molecular weight excluding hydrogens is 160 g/mol. The molecule has 0 N–H and O–H groups in total. The average Bonchev–Trinajstić information content (AvgIpc) is 2.15. The zero-order valence-electron chi connectivity index (χ0n) is 9.55. The largest absolute Gasteiger partial charge is 0.377 e. The van der Waals surface area contributed by atoms with Crippen molar-refractivity contribution in [3.8, 4) is 0 Å². The first-order chi connectivity index (χ1) is 6.13. The fourth-order valence-corrected chi connectivity index (χ4v) is 1.42. The topological polar surface area (TPSA) is 9.23 Å². The molecule has 0 aliphatic rings. The molecule has 78 valence electrons. The first-order valence-corrected chi connectivity index (χ1v) is 5.32. The van der Waals surface area contributed by atoms with E-state index < -0.39 is 0 Å². The molecule has 0 aromatic heterocycles. The van der Waals surface area contributed by atoms with Crippen molar-refractivity contribution in [2.45, 2.75) is 34.1 Å². The normalized spacial score (nSPS) is 17.8. The zero-order valence-corrected chi connectivity index (χ0v) is 9.55. The predicted molar refractivity (Wildman–Crippen MR) is 58.8 cm³/mol. The third-order valence-electron chi connectivity index (χ3n) is 3.06. The minimum absolute atomic E-state index is 0.648. The van der Waals surface area contributed by atoms with E-state index in [0.29, 0.717) is 12.5 Å². The molecule has 0 aromatic rings. The van der Waals surface area contributed by atoms with E-state index in [2.05, 4.69) is 34.3 Å². The Morgan fingerprint density at radius 2 is 1.85 bits per heavy atom. The van der Waals surface area contributed by atoms with Gasteiger partial charge < -0.3 is 4.74 Å². The summed E-state index contributed by atoms with van der Waals surface area (Å²) >= 11 is 0. The molecule has 0 rings (SSSR count). The standard InChI is InChI=1S/C12H24O/c1-6-8-13-9-11(4)12(5)10(3)7-2/h6,10-12H,1,7-9H2,2-5H3. The molecule has 0 aliphatic heterocycles. The maximum atomic E-state index is 5.44. The van der Waals surface area contributed by atoms with E-state index in [1.807, 2.05) is 0 Å². The van der Waals surface area contributed by atoms with Crippen LogP contribution in [-0.4, -0.2) is 13.2 Å². The summed E-state index contributed by atoms with van der Waals surface area (Å²) in [4.78, 5) is 0. The number of ether oxygens (including phenoxy) is 1. The molecule has 13 heavy (non-hydrogen) atoms. The summed E-state index contributed by atoms with van der Waals surface area (Å²) in [6.45, 7) is 14.3. The first kappa shape index (κ1) is 12.7. The Balaban J connectivity index is 3.67. The molecule has 1 heteroatoms. The molecule has 0 fully saturated rings. The van der Waals surface area contributed by atoms with Crippen LogP contribution in [0.25, 0.3) is 0 Å². The van der Waals surface area contributed by atoms with E-state index in [-0.39, 0.29) is 0 Å². The van der Waals surface area contributed by atoms with Crippen LogP contribution in [-0.2, 0) is 4.74 Å². The Morgan fingerprint density at radius 1 is 1.23 bits per heavy atom. The number of hydrogen-bond donors (Lipinski definition) is 0. The summed E-state index contributed by atoms with van der Waals surface area (Å²) in [5.74, 6) is 2.19. The van der Waals surface area contributed by atoms with Gasteiger partial charge >= 0.3 is 0 Å². The van der Waals surface area contributed by atoms with Gasteiger partial charge in [-0.2, -0.15) is 0 Å². The lowest BCUT2D eigenvalue weighted by Crippen LogP contribution is -2.20. The Bertz CT molecular complexity index is 131. The van der Waals surface area contributed by atoms with Crippen molar-refractivity contribution in [2.75, 3.05) is 13.2 Å². The van der Waals surface area contributed by atoms with Gasteiger partial charge in [0.25, 0.3) is 0 Å². The van der Waals surface area contributed by atoms with Crippen molar-refractivity contribution in [3.05, 3.63) is 12.7 Å². The highest BCUT2D eigenvalue weighted by Crippen LogP contribution is 2.22. The maximum absolute atomic E-state index is 5.44. The minimum atomic E-state index is 0.648. The monoisotopic (exact) mass is 184 g/mol. The molecule has 0 spiro atoms. The van der Waals surface area contributed by atoms with E-state index in [0.717, 1.165) is 18.4 Å². The van der Waals surface area contributed by atoms with Crippen molar-refractivity contribution >= 4 is 0 Å². The lowest BCUT2D eigenvalue weighted by Gasteiger charge is -2.24. The smallest absolute Gasteiger partial charge is 0.0644 e. The second-order valence-electron chi connectivity index (χ2n) is 4.05. The predicted octanol–water partition coefficient (Wildman–Crippen LogP) is 3.51. The van der Waals surface area contributed by atoms with Crippen LogP contribution in [0.3, 0.4) is 0 Å². The Hall–Kier alpha value is -0.300. The Labute approximate surface area is 83.2 Å². The van der Waals surface area contributed by atoms with Gasteiger partial charge in [0.15, 0.2) is 0 Å². The Kier molecular flexibility index (Phi) is 6.97. The van der Waals surface area contributed by atoms with Crippen LogP contribution < -0.4 is 0 Å². The Morgan fingerprint density at radius 3 is 2.31 bits per heavy atom. The van der Waals surface area contributed by atoms with Crippen LogP contribution in [0.5, 0.6) is 0 Å². The van der Waals surface area contributed by atoms with Crippen LogP contribution in [0, 0.1) is 17.8 Å². The summed E-state index contributed by atoms with van der Waals surface area (Å²) in [7, 11) is 0. The molecule has 0 heterocycles. The second kappa shape index (κ2) is 7.14. The van der Waals surface area contributed by atoms with Crippen LogP contribution in [0.1, 0.15) is 34.1 Å². The molecule has 3 atom stereocenters. The summed E-state index contributed by atoms with van der Waals surface area (Å²) in [6.07, 6.45) is 3.06. The van der Waals surface area contributed by atoms with Gasteiger partial charge in [-0.15, -0.1) is 6.58 Å². The van der Waals surface area contributed by atoms with E-state index in [9.17, 15) is 0 Å². The molecule has 0 radical (unpaired) electrons. The van der Waals surface area contributed by atoms with Crippen molar-refractivity contribution in [1.82, 2.24) is 0 Å². The van der Waals surface area contributed by atoms with Crippen molar-refractivity contribution in [1.29, 1.82) is 0 Å². The van der Waals surface area contributed by atoms with Gasteiger partial charge in [-0.25, -0.2) is 0 Å². The summed E-state index contributed by atoms with van der Waals surface area (Å²) in [5, 5.41) is 0. The minimum Gasteiger partial charge on any atom is -0.377 e. The zero-order chi connectivity index (χ0) is 10.3. The van der Waals surface area contributed by atoms with Gasteiger partial charge in [-0.05, 0) is 17.8 Å². The molecular formula is C12H24O. The quantitative estimate of drug-likeness (QED) is 0.434. The van der Waals surface area contributed by atoms with E-state index in [1.54, 1.807) is 6.08 Å². The number of rotatable bonds is 7. The van der Waals surface area contributed by atoms with Crippen LogP contribution in [0.4, 0.5) is 0 Å². The van der Waals surface area contributed by atoms with E-state index in [1.165, 1.54) is 6.42 Å².